The molecule has 0 amide bonds. The summed E-state index contributed by atoms with van der Waals surface area (Å²) in [6.45, 7) is 22.2. The fourth-order valence-corrected chi connectivity index (χ4v) is 5.64. The maximum Gasteiger partial charge on any atom is 0.336 e. The standard InChI is InChI=1S/C11H22O3Si.C10H22O2Si/c1-10(2,3)15(5,6)14-11(7-8-11)9(12)13-4;1-9(2,3)13(4,5)12-10(8-11)6-7-10/h7-8H2,1-6H3;11H,6-8H2,1-5H3. The van der Waals surface area contributed by atoms with Crippen LogP contribution >= 0.6 is 0 Å². The van der Waals surface area contributed by atoms with Crippen molar-refractivity contribution in [3.05, 3.63) is 0 Å². The van der Waals surface area contributed by atoms with Crippen LogP contribution in [-0.4, -0.2) is 52.6 Å². The predicted molar refractivity (Wildman–Crippen MR) is 120 cm³/mol. The molecule has 0 aromatic rings. The Hall–Kier alpha value is -0.216. The molecule has 0 aliphatic heterocycles. The van der Waals surface area contributed by atoms with E-state index in [0.717, 1.165) is 25.7 Å². The Balaban J connectivity index is 0.000000283. The van der Waals surface area contributed by atoms with Crippen LogP contribution < -0.4 is 0 Å². The fourth-order valence-electron chi connectivity index (χ4n) is 2.42. The third-order valence-electron chi connectivity index (χ3n) is 6.89. The molecule has 0 heterocycles. The van der Waals surface area contributed by atoms with Gasteiger partial charge >= 0.3 is 5.97 Å². The third-order valence-corrected chi connectivity index (χ3v) is 16.0. The molecule has 2 fully saturated rings. The van der Waals surface area contributed by atoms with Crippen LogP contribution in [0.15, 0.2) is 0 Å². The summed E-state index contributed by atoms with van der Waals surface area (Å²) in [6, 6.07) is 0. The Bertz CT molecular complexity index is 550. The normalized spacial score (nSPS) is 20.7. The Morgan fingerprint density at radius 1 is 0.857 bits per heavy atom. The number of hydrogen-bond donors (Lipinski definition) is 1. The molecule has 7 heteroatoms. The summed E-state index contributed by atoms with van der Waals surface area (Å²) in [4.78, 5) is 11.6. The van der Waals surface area contributed by atoms with Gasteiger partial charge < -0.3 is 18.7 Å². The highest BCUT2D eigenvalue weighted by molar-refractivity contribution is 6.74. The number of hydrogen-bond acceptors (Lipinski definition) is 5. The largest absolute Gasteiger partial charge is 0.467 e. The molecule has 0 saturated heterocycles. The first-order chi connectivity index (χ1) is 12.4. The quantitative estimate of drug-likeness (QED) is 0.459. The van der Waals surface area contributed by atoms with Crippen molar-refractivity contribution in [2.45, 2.75) is 115 Å². The summed E-state index contributed by atoms with van der Waals surface area (Å²) in [7, 11) is -2.09. The predicted octanol–water partition coefficient (Wildman–Crippen LogP) is 5.25. The van der Waals surface area contributed by atoms with Gasteiger partial charge in [0.1, 0.15) is 0 Å². The van der Waals surface area contributed by atoms with Crippen LogP contribution in [-0.2, 0) is 18.4 Å². The Morgan fingerprint density at radius 2 is 1.25 bits per heavy atom. The molecule has 2 rings (SSSR count). The second-order valence-electron chi connectivity index (χ2n) is 11.6. The molecule has 0 unspecified atom stereocenters. The summed E-state index contributed by atoms with van der Waals surface area (Å²) < 4.78 is 17.1. The lowest BCUT2D eigenvalue weighted by atomic mass is 10.2. The summed E-state index contributed by atoms with van der Waals surface area (Å²) in [6.07, 6.45) is 3.70. The molecule has 0 aromatic heterocycles. The molecule has 5 nitrogen and oxygen atoms in total. The van der Waals surface area contributed by atoms with Gasteiger partial charge in [0.05, 0.1) is 19.3 Å². The molecule has 0 radical (unpaired) electrons. The minimum absolute atomic E-state index is 0.136. The van der Waals surface area contributed by atoms with Crippen LogP contribution in [0.1, 0.15) is 67.2 Å². The average Bonchev–Trinajstić information content (AvgIpc) is 3.42. The number of methoxy groups -OCH3 is 1. The topological polar surface area (TPSA) is 65.0 Å². The second kappa shape index (κ2) is 8.14. The van der Waals surface area contributed by atoms with E-state index in [9.17, 15) is 9.90 Å². The van der Waals surface area contributed by atoms with Gasteiger partial charge in [0.15, 0.2) is 22.2 Å². The Kier molecular flexibility index (Phi) is 7.50. The van der Waals surface area contributed by atoms with Gasteiger partial charge in [0.2, 0.25) is 0 Å². The molecular weight excluding hydrogens is 388 g/mol. The number of esters is 1. The molecule has 28 heavy (non-hydrogen) atoms. The van der Waals surface area contributed by atoms with E-state index in [0.29, 0.717) is 0 Å². The van der Waals surface area contributed by atoms with E-state index in [1.807, 2.05) is 0 Å². The first kappa shape index (κ1) is 25.8. The molecule has 1 N–H and O–H groups in total. The number of carbonyl (C=O) groups excluding carboxylic acids is 1. The van der Waals surface area contributed by atoms with E-state index < -0.39 is 22.2 Å². The zero-order valence-corrected chi connectivity index (χ0v) is 22.1. The molecule has 2 saturated carbocycles. The van der Waals surface area contributed by atoms with Crippen molar-refractivity contribution in [3.8, 4) is 0 Å². The van der Waals surface area contributed by atoms with Gasteiger partial charge in [0.25, 0.3) is 0 Å². The van der Waals surface area contributed by atoms with Gasteiger partial charge in [-0.15, -0.1) is 0 Å². The van der Waals surface area contributed by atoms with Crippen LogP contribution in [0.5, 0.6) is 0 Å². The van der Waals surface area contributed by atoms with Crippen LogP contribution in [0.25, 0.3) is 0 Å². The molecule has 0 aromatic carbocycles. The SMILES string of the molecule is CC(C)(C)[Si](C)(C)OC1(CO)CC1.COC(=O)C1(O[Si](C)(C)C(C)(C)C)CC1. The molecule has 166 valence electrons. The maximum absolute atomic E-state index is 11.6. The highest BCUT2D eigenvalue weighted by atomic mass is 28.4. The number of rotatable bonds is 6. The summed E-state index contributed by atoms with van der Waals surface area (Å²) in [5.74, 6) is -0.202. The van der Waals surface area contributed by atoms with E-state index >= 15 is 0 Å². The van der Waals surface area contributed by atoms with Gasteiger partial charge in [-0.25, -0.2) is 4.79 Å². The van der Waals surface area contributed by atoms with Gasteiger partial charge in [0, 0.05) is 0 Å². The van der Waals surface area contributed by atoms with E-state index in [2.05, 4.69) is 67.7 Å². The summed E-state index contributed by atoms with van der Waals surface area (Å²) in [5.41, 5.74) is -0.749. The van der Waals surface area contributed by atoms with E-state index in [1.54, 1.807) is 0 Å². The molecular formula is C21H44O5Si2. The lowest BCUT2D eigenvalue weighted by molar-refractivity contribution is -0.151. The van der Waals surface area contributed by atoms with Crippen LogP contribution in [0.3, 0.4) is 0 Å². The lowest BCUT2D eigenvalue weighted by Gasteiger charge is -2.39. The van der Waals surface area contributed by atoms with Crippen LogP contribution in [0.4, 0.5) is 0 Å². The third kappa shape index (κ3) is 6.14. The molecule has 0 atom stereocenters. The van der Waals surface area contributed by atoms with Gasteiger partial charge in [-0.2, -0.15) is 0 Å². The minimum Gasteiger partial charge on any atom is -0.467 e. The van der Waals surface area contributed by atoms with Crippen molar-refractivity contribution in [1.82, 2.24) is 0 Å². The molecule has 0 spiro atoms. The molecule has 0 bridgehead atoms. The zero-order chi connectivity index (χ0) is 22.2. The van der Waals surface area contributed by atoms with Crippen molar-refractivity contribution >= 4 is 22.6 Å². The van der Waals surface area contributed by atoms with E-state index in [4.69, 9.17) is 13.6 Å². The maximum atomic E-state index is 11.6. The van der Waals surface area contributed by atoms with Gasteiger partial charge in [-0.1, -0.05) is 41.5 Å². The zero-order valence-electron chi connectivity index (χ0n) is 20.1. The highest BCUT2D eigenvalue weighted by Gasteiger charge is 2.57. The fraction of sp³-hybridized carbons (Fsp3) is 0.952. The monoisotopic (exact) mass is 432 g/mol. The Morgan fingerprint density at radius 3 is 1.50 bits per heavy atom. The van der Waals surface area contributed by atoms with Crippen molar-refractivity contribution < 1.29 is 23.5 Å². The van der Waals surface area contributed by atoms with Crippen LogP contribution in [0.2, 0.25) is 36.3 Å². The molecule has 2 aliphatic carbocycles. The number of aliphatic hydroxyl groups is 1. The van der Waals surface area contributed by atoms with Crippen molar-refractivity contribution in [2.75, 3.05) is 13.7 Å². The second-order valence-corrected chi connectivity index (χ2v) is 21.0. The number of ether oxygens (including phenoxy) is 1. The Labute approximate surface area is 174 Å². The smallest absolute Gasteiger partial charge is 0.336 e. The first-order valence-electron chi connectivity index (χ1n) is 10.5. The minimum atomic E-state index is -1.86. The van der Waals surface area contributed by atoms with Gasteiger partial charge in [-0.3, -0.25) is 0 Å². The number of carbonyl (C=O) groups is 1. The average molecular weight is 433 g/mol. The van der Waals surface area contributed by atoms with E-state index in [1.165, 1.54) is 7.11 Å². The summed E-state index contributed by atoms with van der Waals surface area (Å²) >= 11 is 0. The lowest BCUT2D eigenvalue weighted by Crippen LogP contribution is -2.47. The molecule has 2 aliphatic rings. The van der Waals surface area contributed by atoms with E-state index in [-0.39, 0.29) is 28.3 Å². The van der Waals surface area contributed by atoms with Crippen molar-refractivity contribution in [2.24, 2.45) is 0 Å². The van der Waals surface area contributed by atoms with Crippen molar-refractivity contribution in [1.29, 1.82) is 0 Å². The number of aliphatic hydroxyl groups excluding tert-OH is 1. The summed E-state index contributed by atoms with van der Waals surface area (Å²) in [5, 5.41) is 9.57. The van der Waals surface area contributed by atoms with Crippen LogP contribution in [0, 0.1) is 0 Å². The van der Waals surface area contributed by atoms with Gasteiger partial charge in [-0.05, 0) is 61.9 Å². The van der Waals surface area contributed by atoms with Crippen molar-refractivity contribution in [3.63, 3.8) is 0 Å². The highest BCUT2D eigenvalue weighted by Crippen LogP contribution is 2.48. The first-order valence-corrected chi connectivity index (χ1v) is 16.3.